The number of rotatable bonds is 5. The average Bonchev–Trinajstić information content (AvgIpc) is 2.48. The molecule has 2 rings (SSSR count). The standard InChI is InChI=1S/C16H24N2O/c1-17-16(19)14-8-5-9-15(12-14)18-11-10-13-6-3-2-4-7-13/h5,8-9,12-13,18H,2-4,6-7,10-11H2,1H3,(H,17,19). The van der Waals surface area contributed by atoms with Gasteiger partial charge in [-0.15, -0.1) is 0 Å². The van der Waals surface area contributed by atoms with Gasteiger partial charge in [-0.1, -0.05) is 38.2 Å². The Balaban J connectivity index is 1.80. The van der Waals surface area contributed by atoms with Gasteiger partial charge in [0.25, 0.3) is 5.91 Å². The summed E-state index contributed by atoms with van der Waals surface area (Å²) in [6.07, 6.45) is 8.23. The van der Waals surface area contributed by atoms with Gasteiger partial charge in [0.1, 0.15) is 0 Å². The van der Waals surface area contributed by atoms with Crippen LogP contribution in [0.25, 0.3) is 0 Å². The van der Waals surface area contributed by atoms with Crippen LogP contribution in [-0.4, -0.2) is 19.5 Å². The van der Waals surface area contributed by atoms with E-state index in [4.69, 9.17) is 0 Å². The fraction of sp³-hybridized carbons (Fsp3) is 0.562. The van der Waals surface area contributed by atoms with Crippen LogP contribution < -0.4 is 10.6 Å². The molecule has 1 aliphatic carbocycles. The van der Waals surface area contributed by atoms with E-state index in [-0.39, 0.29) is 5.91 Å². The summed E-state index contributed by atoms with van der Waals surface area (Å²) in [4.78, 5) is 11.5. The lowest BCUT2D eigenvalue weighted by Crippen LogP contribution is -2.18. The normalized spacial score (nSPS) is 16.1. The molecule has 104 valence electrons. The van der Waals surface area contributed by atoms with Gasteiger partial charge in [-0.2, -0.15) is 0 Å². The number of benzene rings is 1. The SMILES string of the molecule is CNC(=O)c1cccc(NCCC2CCCCC2)c1. The monoisotopic (exact) mass is 260 g/mol. The molecule has 0 saturated heterocycles. The average molecular weight is 260 g/mol. The number of carbonyl (C=O) groups is 1. The van der Waals surface area contributed by atoms with E-state index in [0.717, 1.165) is 18.2 Å². The molecule has 1 saturated carbocycles. The molecule has 1 aromatic carbocycles. The molecule has 1 amide bonds. The molecule has 1 fully saturated rings. The molecule has 0 heterocycles. The molecule has 0 unspecified atom stereocenters. The molecule has 0 bridgehead atoms. The maximum absolute atomic E-state index is 11.5. The van der Waals surface area contributed by atoms with Crippen LogP contribution in [0.15, 0.2) is 24.3 Å². The number of anilines is 1. The van der Waals surface area contributed by atoms with Crippen molar-refractivity contribution in [1.82, 2.24) is 5.32 Å². The third-order valence-corrected chi connectivity index (χ3v) is 3.96. The molecule has 19 heavy (non-hydrogen) atoms. The van der Waals surface area contributed by atoms with Crippen molar-refractivity contribution in [2.75, 3.05) is 18.9 Å². The van der Waals surface area contributed by atoms with Crippen molar-refractivity contribution in [1.29, 1.82) is 0 Å². The first kappa shape index (κ1) is 13.9. The molecule has 0 radical (unpaired) electrons. The lowest BCUT2D eigenvalue weighted by atomic mass is 9.87. The topological polar surface area (TPSA) is 41.1 Å². The largest absolute Gasteiger partial charge is 0.385 e. The zero-order valence-electron chi connectivity index (χ0n) is 11.7. The molecule has 3 nitrogen and oxygen atoms in total. The van der Waals surface area contributed by atoms with Crippen molar-refractivity contribution in [3.05, 3.63) is 29.8 Å². The van der Waals surface area contributed by atoms with E-state index < -0.39 is 0 Å². The van der Waals surface area contributed by atoms with Crippen LogP contribution >= 0.6 is 0 Å². The third-order valence-electron chi connectivity index (χ3n) is 3.96. The van der Waals surface area contributed by atoms with Crippen LogP contribution in [0, 0.1) is 5.92 Å². The second-order valence-electron chi connectivity index (χ2n) is 5.38. The second kappa shape index (κ2) is 7.17. The number of carbonyl (C=O) groups excluding carboxylic acids is 1. The highest BCUT2D eigenvalue weighted by Gasteiger charge is 2.12. The van der Waals surface area contributed by atoms with Gasteiger partial charge in [0.2, 0.25) is 0 Å². The van der Waals surface area contributed by atoms with Crippen molar-refractivity contribution < 1.29 is 4.79 Å². The molecule has 1 aliphatic rings. The molecule has 0 atom stereocenters. The van der Waals surface area contributed by atoms with Gasteiger partial charge >= 0.3 is 0 Å². The highest BCUT2D eigenvalue weighted by atomic mass is 16.1. The Morgan fingerprint density at radius 2 is 2.05 bits per heavy atom. The molecule has 0 aromatic heterocycles. The Kier molecular flexibility index (Phi) is 5.25. The number of hydrogen-bond donors (Lipinski definition) is 2. The van der Waals surface area contributed by atoms with Crippen LogP contribution in [0.5, 0.6) is 0 Å². The second-order valence-corrected chi connectivity index (χ2v) is 5.38. The summed E-state index contributed by atoms with van der Waals surface area (Å²) in [6.45, 7) is 1.00. The van der Waals surface area contributed by atoms with E-state index in [1.54, 1.807) is 7.05 Å². The smallest absolute Gasteiger partial charge is 0.251 e. The maximum Gasteiger partial charge on any atom is 0.251 e. The minimum absolute atomic E-state index is 0.0315. The van der Waals surface area contributed by atoms with Crippen molar-refractivity contribution in [2.24, 2.45) is 5.92 Å². The molecule has 0 spiro atoms. The van der Waals surface area contributed by atoms with Crippen LogP contribution in [0.3, 0.4) is 0 Å². The van der Waals surface area contributed by atoms with Gasteiger partial charge in [-0.25, -0.2) is 0 Å². The highest BCUT2D eigenvalue weighted by Crippen LogP contribution is 2.26. The fourth-order valence-corrected chi connectivity index (χ4v) is 2.81. The summed E-state index contributed by atoms with van der Waals surface area (Å²) in [5.74, 6) is 0.860. The van der Waals surface area contributed by atoms with Gasteiger partial charge in [-0.05, 0) is 30.5 Å². The van der Waals surface area contributed by atoms with Gasteiger partial charge in [0.05, 0.1) is 0 Å². The van der Waals surface area contributed by atoms with Gasteiger partial charge in [0, 0.05) is 24.8 Å². The maximum atomic E-state index is 11.5. The minimum Gasteiger partial charge on any atom is -0.385 e. The zero-order valence-corrected chi connectivity index (χ0v) is 11.7. The van der Waals surface area contributed by atoms with Crippen molar-refractivity contribution in [2.45, 2.75) is 38.5 Å². The fourth-order valence-electron chi connectivity index (χ4n) is 2.81. The molecule has 2 N–H and O–H groups in total. The van der Waals surface area contributed by atoms with E-state index in [2.05, 4.69) is 10.6 Å². The molecule has 3 heteroatoms. The van der Waals surface area contributed by atoms with Gasteiger partial charge in [-0.3, -0.25) is 4.79 Å². The van der Waals surface area contributed by atoms with Crippen LogP contribution in [-0.2, 0) is 0 Å². The van der Waals surface area contributed by atoms with Crippen LogP contribution in [0.2, 0.25) is 0 Å². The number of nitrogens with one attached hydrogen (secondary N) is 2. The first-order chi connectivity index (χ1) is 9.29. The van der Waals surface area contributed by atoms with E-state index >= 15 is 0 Å². The number of hydrogen-bond acceptors (Lipinski definition) is 2. The first-order valence-electron chi connectivity index (χ1n) is 7.35. The van der Waals surface area contributed by atoms with Crippen molar-refractivity contribution >= 4 is 11.6 Å². The summed E-state index contributed by atoms with van der Waals surface area (Å²) in [7, 11) is 1.66. The quantitative estimate of drug-likeness (QED) is 0.851. The Bertz CT molecular complexity index is 411. The molecule has 1 aromatic rings. The zero-order chi connectivity index (χ0) is 13.5. The Morgan fingerprint density at radius 3 is 2.79 bits per heavy atom. The predicted molar refractivity (Wildman–Crippen MR) is 79.5 cm³/mol. The first-order valence-corrected chi connectivity index (χ1v) is 7.35. The minimum atomic E-state index is -0.0315. The summed E-state index contributed by atoms with van der Waals surface area (Å²) >= 11 is 0. The number of amides is 1. The molecular weight excluding hydrogens is 236 g/mol. The van der Waals surface area contributed by atoms with E-state index in [1.165, 1.54) is 38.5 Å². The van der Waals surface area contributed by atoms with Crippen LogP contribution in [0.4, 0.5) is 5.69 Å². The van der Waals surface area contributed by atoms with E-state index in [0.29, 0.717) is 5.56 Å². The summed E-state index contributed by atoms with van der Waals surface area (Å²) in [5.41, 5.74) is 1.75. The Hall–Kier alpha value is -1.51. The molecular formula is C16H24N2O. The lowest BCUT2D eigenvalue weighted by molar-refractivity contribution is 0.0963. The summed E-state index contributed by atoms with van der Waals surface area (Å²) < 4.78 is 0. The third kappa shape index (κ3) is 4.27. The van der Waals surface area contributed by atoms with Gasteiger partial charge in [0.15, 0.2) is 0 Å². The van der Waals surface area contributed by atoms with Gasteiger partial charge < -0.3 is 10.6 Å². The Morgan fingerprint density at radius 1 is 1.26 bits per heavy atom. The van der Waals surface area contributed by atoms with Crippen molar-refractivity contribution in [3.8, 4) is 0 Å². The summed E-state index contributed by atoms with van der Waals surface area (Å²) in [6, 6.07) is 7.70. The highest BCUT2D eigenvalue weighted by molar-refractivity contribution is 5.94. The Labute approximate surface area is 115 Å². The van der Waals surface area contributed by atoms with E-state index in [1.807, 2.05) is 24.3 Å². The van der Waals surface area contributed by atoms with Crippen molar-refractivity contribution in [3.63, 3.8) is 0 Å². The van der Waals surface area contributed by atoms with Crippen LogP contribution in [0.1, 0.15) is 48.9 Å². The lowest BCUT2D eigenvalue weighted by Gasteiger charge is -2.21. The molecule has 0 aliphatic heterocycles. The van der Waals surface area contributed by atoms with E-state index in [9.17, 15) is 4.79 Å². The summed E-state index contributed by atoms with van der Waals surface area (Å²) in [5, 5.41) is 6.08. The predicted octanol–water partition coefficient (Wildman–Crippen LogP) is 3.43.